The molecule has 3 rings (SSSR count). The monoisotopic (exact) mass is 388 g/mol. The number of nitrogens with one attached hydrogen (secondary N) is 1. The molecule has 5 nitrogen and oxygen atoms in total. The summed E-state index contributed by atoms with van der Waals surface area (Å²) in [6.45, 7) is -0.162. The van der Waals surface area contributed by atoms with E-state index in [0.717, 1.165) is 5.56 Å². The van der Waals surface area contributed by atoms with E-state index in [2.05, 4.69) is 10.5 Å². The molecule has 1 heterocycles. The highest BCUT2D eigenvalue weighted by molar-refractivity contribution is 6.31. The summed E-state index contributed by atoms with van der Waals surface area (Å²) in [7, 11) is 0. The number of hydrogen-bond acceptors (Lipinski definition) is 4. The summed E-state index contributed by atoms with van der Waals surface area (Å²) in [6.07, 6.45) is 1.41. The van der Waals surface area contributed by atoms with Crippen LogP contribution < -0.4 is 10.2 Å². The van der Waals surface area contributed by atoms with Crippen molar-refractivity contribution in [2.24, 2.45) is 5.10 Å². The van der Waals surface area contributed by atoms with Gasteiger partial charge in [-0.05, 0) is 48.5 Å². The molecule has 0 radical (unpaired) electrons. The molecule has 0 bridgehead atoms. The SMILES string of the molecule is O=C(COc1ccc(Cl)cc1)N/N=C/c1ccc(-c2cccc(Cl)c2)o1. The molecule has 1 N–H and O–H groups in total. The molecule has 0 atom stereocenters. The molecule has 0 aliphatic rings. The highest BCUT2D eigenvalue weighted by Crippen LogP contribution is 2.24. The molecule has 0 saturated carbocycles. The fourth-order valence-corrected chi connectivity index (χ4v) is 2.42. The third kappa shape index (κ3) is 5.12. The number of ether oxygens (including phenoxy) is 1. The lowest BCUT2D eigenvalue weighted by Crippen LogP contribution is -2.24. The van der Waals surface area contributed by atoms with Gasteiger partial charge >= 0.3 is 0 Å². The molecule has 0 spiro atoms. The predicted octanol–water partition coefficient (Wildman–Crippen LogP) is 4.78. The van der Waals surface area contributed by atoms with Crippen LogP contribution in [0.2, 0.25) is 10.0 Å². The molecule has 0 aliphatic heterocycles. The average Bonchev–Trinajstić information content (AvgIpc) is 3.10. The number of hydrogen-bond donors (Lipinski definition) is 1. The van der Waals surface area contributed by atoms with Crippen LogP contribution in [0.25, 0.3) is 11.3 Å². The number of benzene rings is 2. The van der Waals surface area contributed by atoms with Crippen LogP contribution in [0.3, 0.4) is 0 Å². The Morgan fingerprint density at radius 3 is 2.65 bits per heavy atom. The number of nitrogens with zero attached hydrogens (tertiary/aromatic N) is 1. The third-order valence-corrected chi connectivity index (χ3v) is 3.79. The Bertz CT molecular complexity index is 921. The second-order valence-electron chi connectivity index (χ2n) is 5.25. The van der Waals surface area contributed by atoms with Gasteiger partial charge in [0.2, 0.25) is 0 Å². The van der Waals surface area contributed by atoms with Crippen molar-refractivity contribution in [3.63, 3.8) is 0 Å². The van der Waals surface area contributed by atoms with Gasteiger partial charge in [-0.25, -0.2) is 5.43 Å². The summed E-state index contributed by atoms with van der Waals surface area (Å²) < 4.78 is 11.0. The van der Waals surface area contributed by atoms with E-state index in [1.807, 2.05) is 12.1 Å². The van der Waals surface area contributed by atoms with E-state index >= 15 is 0 Å². The fraction of sp³-hybridized carbons (Fsp3) is 0.0526. The van der Waals surface area contributed by atoms with Crippen molar-refractivity contribution < 1.29 is 13.9 Å². The maximum atomic E-state index is 11.7. The lowest BCUT2D eigenvalue weighted by Gasteiger charge is -2.04. The van der Waals surface area contributed by atoms with Crippen molar-refractivity contribution in [3.05, 3.63) is 76.5 Å². The van der Waals surface area contributed by atoms with Crippen LogP contribution in [-0.4, -0.2) is 18.7 Å². The first kappa shape index (κ1) is 18.0. The molecule has 3 aromatic rings. The van der Waals surface area contributed by atoms with Crippen LogP contribution in [0, 0.1) is 0 Å². The van der Waals surface area contributed by atoms with Gasteiger partial charge in [-0.2, -0.15) is 5.10 Å². The number of rotatable bonds is 6. The normalized spacial score (nSPS) is 10.8. The number of furan rings is 1. The number of carbonyl (C=O) groups is 1. The number of hydrazone groups is 1. The maximum Gasteiger partial charge on any atom is 0.277 e. The first-order valence-corrected chi connectivity index (χ1v) is 8.42. The highest BCUT2D eigenvalue weighted by Gasteiger charge is 2.05. The van der Waals surface area contributed by atoms with E-state index in [-0.39, 0.29) is 6.61 Å². The predicted molar refractivity (Wildman–Crippen MR) is 102 cm³/mol. The van der Waals surface area contributed by atoms with Crippen LogP contribution in [0.5, 0.6) is 5.75 Å². The van der Waals surface area contributed by atoms with E-state index in [9.17, 15) is 4.79 Å². The molecule has 7 heteroatoms. The van der Waals surface area contributed by atoms with Gasteiger partial charge in [0.25, 0.3) is 5.91 Å². The lowest BCUT2D eigenvalue weighted by atomic mass is 10.2. The summed E-state index contributed by atoms with van der Waals surface area (Å²) in [5.41, 5.74) is 3.23. The number of carbonyl (C=O) groups excluding carboxylic acids is 1. The van der Waals surface area contributed by atoms with E-state index in [4.69, 9.17) is 32.4 Å². The standard InChI is InChI=1S/C19H14Cl2N2O3/c20-14-4-6-16(7-5-14)25-12-19(24)23-22-11-17-8-9-18(26-17)13-2-1-3-15(21)10-13/h1-11H,12H2,(H,23,24)/b22-11+. The molecule has 1 aromatic heterocycles. The van der Waals surface area contributed by atoms with E-state index in [1.165, 1.54) is 6.21 Å². The fourth-order valence-electron chi connectivity index (χ4n) is 2.10. The van der Waals surface area contributed by atoms with Gasteiger partial charge in [0.1, 0.15) is 17.3 Å². The van der Waals surface area contributed by atoms with Crippen LogP contribution in [-0.2, 0) is 4.79 Å². The lowest BCUT2D eigenvalue weighted by molar-refractivity contribution is -0.123. The van der Waals surface area contributed by atoms with E-state index < -0.39 is 5.91 Å². The van der Waals surface area contributed by atoms with Crippen molar-refractivity contribution in [1.29, 1.82) is 0 Å². The minimum atomic E-state index is -0.391. The molecule has 1 amide bonds. The second kappa shape index (κ2) is 8.56. The molecule has 0 fully saturated rings. The average molecular weight is 389 g/mol. The molecular formula is C19H14Cl2N2O3. The van der Waals surface area contributed by atoms with Gasteiger partial charge in [0.15, 0.2) is 6.61 Å². The zero-order valence-electron chi connectivity index (χ0n) is 13.5. The highest BCUT2D eigenvalue weighted by atomic mass is 35.5. The zero-order chi connectivity index (χ0) is 18.4. The van der Waals surface area contributed by atoms with Crippen LogP contribution in [0.15, 0.2) is 70.2 Å². The second-order valence-corrected chi connectivity index (χ2v) is 6.12. The Morgan fingerprint density at radius 2 is 1.88 bits per heavy atom. The van der Waals surface area contributed by atoms with Crippen LogP contribution in [0.1, 0.15) is 5.76 Å². The Balaban J connectivity index is 1.50. The van der Waals surface area contributed by atoms with Gasteiger partial charge in [-0.15, -0.1) is 0 Å². The quantitative estimate of drug-likeness (QED) is 0.487. The van der Waals surface area contributed by atoms with Crippen LogP contribution in [0.4, 0.5) is 0 Å². The Morgan fingerprint density at radius 1 is 1.08 bits per heavy atom. The molecule has 0 unspecified atom stereocenters. The van der Waals surface area contributed by atoms with Gasteiger partial charge in [0.05, 0.1) is 6.21 Å². The minimum Gasteiger partial charge on any atom is -0.484 e. The molecule has 26 heavy (non-hydrogen) atoms. The van der Waals surface area contributed by atoms with Crippen molar-refractivity contribution >= 4 is 35.3 Å². The molecule has 0 saturated heterocycles. The number of amides is 1. The smallest absolute Gasteiger partial charge is 0.277 e. The molecule has 132 valence electrons. The summed E-state index contributed by atoms with van der Waals surface area (Å²) in [5, 5.41) is 5.07. The summed E-state index contributed by atoms with van der Waals surface area (Å²) >= 11 is 11.7. The van der Waals surface area contributed by atoms with Crippen molar-refractivity contribution in [1.82, 2.24) is 5.43 Å². The molecule has 0 aliphatic carbocycles. The number of halogens is 2. The molecule has 2 aromatic carbocycles. The van der Waals surface area contributed by atoms with Gasteiger partial charge in [-0.1, -0.05) is 35.3 Å². The Kier molecular flexibility index (Phi) is 5.94. The summed E-state index contributed by atoms with van der Waals surface area (Å²) in [4.78, 5) is 11.7. The summed E-state index contributed by atoms with van der Waals surface area (Å²) in [5.74, 6) is 1.31. The largest absolute Gasteiger partial charge is 0.484 e. The van der Waals surface area contributed by atoms with Crippen molar-refractivity contribution in [2.75, 3.05) is 6.61 Å². The Labute approximate surface area is 160 Å². The Hall–Kier alpha value is -2.76. The van der Waals surface area contributed by atoms with E-state index in [0.29, 0.717) is 27.3 Å². The van der Waals surface area contributed by atoms with Gasteiger partial charge in [-0.3, -0.25) is 4.79 Å². The van der Waals surface area contributed by atoms with E-state index in [1.54, 1.807) is 48.5 Å². The third-order valence-electron chi connectivity index (χ3n) is 3.30. The molecular weight excluding hydrogens is 375 g/mol. The maximum absolute atomic E-state index is 11.7. The van der Waals surface area contributed by atoms with Gasteiger partial charge in [0, 0.05) is 15.6 Å². The van der Waals surface area contributed by atoms with Crippen molar-refractivity contribution in [2.45, 2.75) is 0 Å². The van der Waals surface area contributed by atoms with Crippen molar-refractivity contribution in [3.8, 4) is 17.1 Å². The zero-order valence-corrected chi connectivity index (χ0v) is 15.0. The minimum absolute atomic E-state index is 0.162. The first-order chi connectivity index (χ1) is 12.6. The first-order valence-electron chi connectivity index (χ1n) is 7.66. The van der Waals surface area contributed by atoms with Gasteiger partial charge < -0.3 is 9.15 Å². The van der Waals surface area contributed by atoms with Crippen LogP contribution >= 0.6 is 23.2 Å². The summed E-state index contributed by atoms with van der Waals surface area (Å²) in [6, 6.07) is 17.6. The topological polar surface area (TPSA) is 63.8 Å².